The molecule has 0 saturated heterocycles. The van der Waals surface area contributed by atoms with E-state index in [1.807, 2.05) is 12.1 Å². The summed E-state index contributed by atoms with van der Waals surface area (Å²) in [5, 5.41) is 2.99. The number of carbonyl (C=O) groups is 1. The van der Waals surface area contributed by atoms with Crippen molar-refractivity contribution >= 4 is 5.91 Å². The van der Waals surface area contributed by atoms with Crippen LogP contribution in [-0.4, -0.2) is 28.5 Å². The monoisotopic (exact) mass is 325 g/mol. The van der Waals surface area contributed by atoms with Crippen molar-refractivity contribution in [2.45, 2.75) is 39.7 Å². The van der Waals surface area contributed by atoms with Gasteiger partial charge in [-0.05, 0) is 11.0 Å². The maximum Gasteiger partial charge on any atom is 0.220 e. The van der Waals surface area contributed by atoms with Crippen LogP contribution in [0.25, 0.3) is 11.1 Å². The summed E-state index contributed by atoms with van der Waals surface area (Å²) in [5.41, 5.74) is 3.08. The van der Waals surface area contributed by atoms with E-state index in [-0.39, 0.29) is 17.4 Å². The summed E-state index contributed by atoms with van der Waals surface area (Å²) in [6.45, 7) is 6.70. The second kappa shape index (κ2) is 6.59. The van der Waals surface area contributed by atoms with E-state index >= 15 is 0 Å². The van der Waals surface area contributed by atoms with E-state index in [0.29, 0.717) is 13.0 Å². The summed E-state index contributed by atoms with van der Waals surface area (Å²) in [6, 6.07) is 6.10. The zero-order valence-electron chi connectivity index (χ0n) is 14.4. The summed E-state index contributed by atoms with van der Waals surface area (Å²) in [4.78, 5) is 20.1. The molecular weight excluding hydrogens is 302 g/mol. The van der Waals surface area contributed by atoms with E-state index in [2.05, 4.69) is 42.1 Å². The average molecular weight is 325 g/mol. The third-order valence-electron chi connectivity index (χ3n) is 3.92. The average Bonchev–Trinajstić information content (AvgIpc) is 2.95. The van der Waals surface area contributed by atoms with Gasteiger partial charge in [-0.15, -0.1) is 0 Å². The molecule has 0 aliphatic carbocycles. The van der Waals surface area contributed by atoms with E-state index in [9.17, 15) is 4.79 Å². The molecule has 1 atom stereocenters. The standard InChI is InChI=1S/C19H23N3O2/c1-19(2,3)8-17(23)22-11-15-7-13-5-4-6-16(18(13)24-15)14-9-20-12-21-10-14/h4-6,9-10,12,15H,7-8,11H2,1-3H3,(H,22,23)/t15-/m0/s1. The highest BCUT2D eigenvalue weighted by atomic mass is 16.5. The first-order chi connectivity index (χ1) is 11.4. The summed E-state index contributed by atoms with van der Waals surface area (Å²) in [5.74, 6) is 0.945. The number of para-hydroxylation sites is 1. The van der Waals surface area contributed by atoms with Gasteiger partial charge in [0.25, 0.3) is 0 Å². The molecule has 1 aromatic carbocycles. The number of ether oxygens (including phenoxy) is 1. The molecular formula is C19H23N3O2. The zero-order chi connectivity index (χ0) is 17.2. The lowest BCUT2D eigenvalue weighted by molar-refractivity contribution is -0.123. The van der Waals surface area contributed by atoms with Gasteiger partial charge in [-0.3, -0.25) is 4.79 Å². The summed E-state index contributed by atoms with van der Waals surface area (Å²) in [7, 11) is 0. The Bertz CT molecular complexity index is 723. The molecule has 126 valence electrons. The second-order valence-corrected chi connectivity index (χ2v) is 7.41. The van der Waals surface area contributed by atoms with Crippen molar-refractivity contribution in [3.8, 4) is 16.9 Å². The molecule has 24 heavy (non-hydrogen) atoms. The van der Waals surface area contributed by atoms with Crippen LogP contribution >= 0.6 is 0 Å². The number of fused-ring (bicyclic) bond motifs is 1. The van der Waals surface area contributed by atoms with E-state index < -0.39 is 0 Å². The van der Waals surface area contributed by atoms with Crippen LogP contribution in [0.5, 0.6) is 5.75 Å². The highest BCUT2D eigenvalue weighted by Crippen LogP contribution is 2.38. The van der Waals surface area contributed by atoms with E-state index in [0.717, 1.165) is 28.9 Å². The number of nitrogens with one attached hydrogen (secondary N) is 1. The van der Waals surface area contributed by atoms with Crippen LogP contribution in [0.4, 0.5) is 0 Å². The van der Waals surface area contributed by atoms with Crippen molar-refractivity contribution in [2.24, 2.45) is 5.41 Å². The first kappa shape index (κ1) is 16.4. The van der Waals surface area contributed by atoms with Crippen LogP contribution in [0.2, 0.25) is 0 Å². The SMILES string of the molecule is CC(C)(C)CC(=O)NC[C@@H]1Cc2cccc(-c3cncnc3)c2O1. The maximum absolute atomic E-state index is 12.0. The van der Waals surface area contributed by atoms with Gasteiger partial charge >= 0.3 is 0 Å². The predicted octanol–water partition coefficient (Wildman–Crippen LogP) is 3.00. The quantitative estimate of drug-likeness (QED) is 0.938. The third kappa shape index (κ3) is 3.91. The Morgan fingerprint density at radius 1 is 1.29 bits per heavy atom. The molecule has 1 amide bonds. The van der Waals surface area contributed by atoms with Gasteiger partial charge in [0.05, 0.1) is 6.54 Å². The number of hydrogen-bond acceptors (Lipinski definition) is 4. The van der Waals surface area contributed by atoms with Crippen molar-refractivity contribution < 1.29 is 9.53 Å². The van der Waals surface area contributed by atoms with Crippen molar-refractivity contribution in [2.75, 3.05) is 6.54 Å². The molecule has 0 unspecified atom stereocenters. The first-order valence-corrected chi connectivity index (χ1v) is 8.23. The van der Waals surface area contributed by atoms with Crippen molar-refractivity contribution in [3.63, 3.8) is 0 Å². The Balaban J connectivity index is 1.66. The van der Waals surface area contributed by atoms with Crippen LogP contribution in [0.1, 0.15) is 32.8 Å². The molecule has 5 heteroatoms. The van der Waals surface area contributed by atoms with Gasteiger partial charge in [0, 0.05) is 36.4 Å². The highest BCUT2D eigenvalue weighted by Gasteiger charge is 2.26. The van der Waals surface area contributed by atoms with Gasteiger partial charge < -0.3 is 10.1 Å². The minimum absolute atomic E-state index is 0.00986. The molecule has 3 rings (SSSR count). The van der Waals surface area contributed by atoms with E-state index in [1.165, 1.54) is 6.33 Å². The molecule has 1 aliphatic rings. The van der Waals surface area contributed by atoms with E-state index in [4.69, 9.17) is 4.74 Å². The number of carbonyl (C=O) groups excluding carboxylic acids is 1. The van der Waals surface area contributed by atoms with Gasteiger partial charge in [-0.2, -0.15) is 0 Å². The number of benzene rings is 1. The molecule has 1 N–H and O–H groups in total. The molecule has 5 nitrogen and oxygen atoms in total. The summed E-state index contributed by atoms with van der Waals surface area (Å²) >= 11 is 0. The Hall–Kier alpha value is -2.43. The van der Waals surface area contributed by atoms with Crippen LogP contribution in [0.15, 0.2) is 36.9 Å². The molecule has 0 bridgehead atoms. The highest BCUT2D eigenvalue weighted by molar-refractivity contribution is 5.76. The van der Waals surface area contributed by atoms with Crippen molar-refractivity contribution in [1.29, 1.82) is 0 Å². The summed E-state index contributed by atoms with van der Waals surface area (Å²) in [6.07, 6.45) is 6.36. The molecule has 0 radical (unpaired) electrons. The van der Waals surface area contributed by atoms with Crippen molar-refractivity contribution in [1.82, 2.24) is 15.3 Å². The van der Waals surface area contributed by atoms with Crippen molar-refractivity contribution in [3.05, 3.63) is 42.5 Å². The smallest absolute Gasteiger partial charge is 0.220 e. The Kier molecular flexibility index (Phi) is 4.51. The van der Waals surface area contributed by atoms with Crippen LogP contribution in [0.3, 0.4) is 0 Å². The second-order valence-electron chi connectivity index (χ2n) is 7.41. The molecule has 1 aromatic heterocycles. The first-order valence-electron chi connectivity index (χ1n) is 8.23. The fourth-order valence-electron chi connectivity index (χ4n) is 2.89. The molecule has 2 heterocycles. The molecule has 0 spiro atoms. The lowest BCUT2D eigenvalue weighted by Crippen LogP contribution is -2.36. The molecule has 2 aromatic rings. The third-order valence-corrected chi connectivity index (χ3v) is 3.92. The van der Waals surface area contributed by atoms with E-state index in [1.54, 1.807) is 12.4 Å². The minimum Gasteiger partial charge on any atom is -0.487 e. The number of amides is 1. The van der Waals surface area contributed by atoms with Crippen LogP contribution < -0.4 is 10.1 Å². The van der Waals surface area contributed by atoms with Gasteiger partial charge in [-0.1, -0.05) is 39.0 Å². The Morgan fingerprint density at radius 3 is 2.75 bits per heavy atom. The lowest BCUT2D eigenvalue weighted by Gasteiger charge is -2.18. The molecule has 0 saturated carbocycles. The number of hydrogen-bond donors (Lipinski definition) is 1. The largest absolute Gasteiger partial charge is 0.487 e. The topological polar surface area (TPSA) is 64.1 Å². The fraction of sp³-hybridized carbons (Fsp3) is 0.421. The minimum atomic E-state index is -0.0327. The molecule has 1 aliphatic heterocycles. The number of aromatic nitrogens is 2. The van der Waals surface area contributed by atoms with Gasteiger partial charge in [0.2, 0.25) is 5.91 Å². The summed E-state index contributed by atoms with van der Waals surface area (Å²) < 4.78 is 6.10. The molecule has 0 fully saturated rings. The zero-order valence-corrected chi connectivity index (χ0v) is 14.4. The van der Waals surface area contributed by atoms with Crippen LogP contribution in [-0.2, 0) is 11.2 Å². The fourth-order valence-corrected chi connectivity index (χ4v) is 2.89. The predicted molar refractivity (Wildman–Crippen MR) is 92.7 cm³/mol. The Morgan fingerprint density at radius 2 is 2.04 bits per heavy atom. The van der Waals surface area contributed by atoms with Gasteiger partial charge in [0.1, 0.15) is 18.2 Å². The van der Waals surface area contributed by atoms with Gasteiger partial charge in [0.15, 0.2) is 0 Å². The number of rotatable bonds is 4. The Labute approximate surface area is 142 Å². The van der Waals surface area contributed by atoms with Crippen LogP contribution in [0, 0.1) is 5.41 Å². The normalized spacial score (nSPS) is 16.4. The number of nitrogens with zero attached hydrogens (tertiary/aromatic N) is 2. The maximum atomic E-state index is 12.0. The lowest BCUT2D eigenvalue weighted by atomic mass is 9.92. The van der Waals surface area contributed by atoms with Gasteiger partial charge in [-0.25, -0.2) is 9.97 Å².